The first kappa shape index (κ1) is 14.4. The summed E-state index contributed by atoms with van der Waals surface area (Å²) in [7, 11) is 0. The van der Waals surface area contributed by atoms with Crippen LogP contribution in [-0.2, 0) is 0 Å². The summed E-state index contributed by atoms with van der Waals surface area (Å²) in [5.74, 6) is 0. The van der Waals surface area contributed by atoms with Crippen molar-refractivity contribution in [2.75, 3.05) is 0 Å². The minimum Gasteiger partial charge on any atom is -0.344 e. The molecule has 0 unspecified atom stereocenters. The summed E-state index contributed by atoms with van der Waals surface area (Å²) in [6.45, 7) is 0. The van der Waals surface area contributed by atoms with E-state index in [-0.39, 0.29) is 24.7 Å². The van der Waals surface area contributed by atoms with Gasteiger partial charge in [-0.15, -0.1) is 12.4 Å². The summed E-state index contributed by atoms with van der Waals surface area (Å²) < 4.78 is 0. The van der Waals surface area contributed by atoms with Gasteiger partial charge in [-0.3, -0.25) is 0 Å². The van der Waals surface area contributed by atoms with Crippen molar-refractivity contribution in [1.82, 2.24) is 12.3 Å². The summed E-state index contributed by atoms with van der Waals surface area (Å²) in [6, 6.07) is 16.7. The monoisotopic (exact) mass is 198 g/mol. The Balaban J connectivity index is 0. The van der Waals surface area contributed by atoms with Gasteiger partial charge in [0.05, 0.1) is 0 Å². The minimum atomic E-state index is 0. The standard InChI is InChI=1S/C10H8.ClH.2H3N/c1-2-6-10-8-4-3-7-9(10)5-1;;;/h1-8H;1H;2*1H3. The average molecular weight is 199 g/mol. The molecule has 13 heavy (non-hydrogen) atoms. The van der Waals surface area contributed by atoms with E-state index in [1.165, 1.54) is 10.8 Å². The fourth-order valence-electron chi connectivity index (χ4n) is 1.13. The Bertz CT molecular complexity index is 284. The molecule has 3 heteroatoms. The van der Waals surface area contributed by atoms with Crippen molar-refractivity contribution in [3.63, 3.8) is 0 Å². The van der Waals surface area contributed by atoms with E-state index in [0.717, 1.165) is 0 Å². The lowest BCUT2D eigenvalue weighted by atomic mass is 10.1. The highest BCUT2D eigenvalue weighted by molar-refractivity contribution is 5.85. The molecule has 0 saturated heterocycles. The molecule has 0 aliphatic heterocycles. The highest BCUT2D eigenvalue weighted by atomic mass is 35.5. The Morgan fingerprint density at radius 2 is 0.769 bits per heavy atom. The van der Waals surface area contributed by atoms with Crippen LogP contribution in [0.1, 0.15) is 0 Å². The second kappa shape index (κ2) is 6.43. The number of fused-ring (bicyclic) bond motifs is 1. The third-order valence-electron chi connectivity index (χ3n) is 1.66. The zero-order chi connectivity index (χ0) is 6.81. The van der Waals surface area contributed by atoms with Gasteiger partial charge in [-0.05, 0) is 10.8 Å². The average Bonchev–Trinajstić information content (AvgIpc) is 2.05. The van der Waals surface area contributed by atoms with Gasteiger partial charge in [0.15, 0.2) is 0 Å². The van der Waals surface area contributed by atoms with Gasteiger partial charge in [-0.25, -0.2) is 0 Å². The molecule has 0 aliphatic rings. The van der Waals surface area contributed by atoms with Crippen LogP contribution in [0.3, 0.4) is 0 Å². The van der Waals surface area contributed by atoms with Crippen LogP contribution in [0.15, 0.2) is 48.5 Å². The zero-order valence-corrected chi connectivity index (χ0v) is 8.26. The minimum absolute atomic E-state index is 0. The number of hydrogen-bond donors (Lipinski definition) is 2. The van der Waals surface area contributed by atoms with E-state index in [9.17, 15) is 0 Å². The van der Waals surface area contributed by atoms with Crippen molar-refractivity contribution >= 4 is 23.2 Å². The number of hydrogen-bond acceptors (Lipinski definition) is 2. The smallest absolute Gasteiger partial charge is 0.0184 e. The van der Waals surface area contributed by atoms with Gasteiger partial charge in [0.2, 0.25) is 0 Å². The van der Waals surface area contributed by atoms with Crippen LogP contribution in [0.2, 0.25) is 0 Å². The first-order valence-electron chi connectivity index (χ1n) is 3.40. The van der Waals surface area contributed by atoms with E-state index in [2.05, 4.69) is 48.5 Å². The molecule has 0 spiro atoms. The summed E-state index contributed by atoms with van der Waals surface area (Å²) in [4.78, 5) is 0. The van der Waals surface area contributed by atoms with E-state index in [1.807, 2.05) is 0 Å². The number of rotatable bonds is 0. The lowest BCUT2D eigenvalue weighted by Gasteiger charge is -1.92. The maximum atomic E-state index is 2.12. The van der Waals surface area contributed by atoms with Crippen LogP contribution in [0.5, 0.6) is 0 Å². The third kappa shape index (κ3) is 3.03. The molecule has 2 aromatic rings. The molecule has 72 valence electrons. The quantitative estimate of drug-likeness (QED) is 0.679. The highest BCUT2D eigenvalue weighted by Gasteiger charge is 1.85. The Labute approximate surface area is 84.5 Å². The molecule has 0 saturated carbocycles. The van der Waals surface area contributed by atoms with Crippen LogP contribution in [0, 0.1) is 0 Å². The number of halogens is 1. The molecule has 0 radical (unpaired) electrons. The molecular weight excluding hydrogens is 184 g/mol. The summed E-state index contributed by atoms with van der Waals surface area (Å²) >= 11 is 0. The Hall–Kier alpha value is -1.09. The summed E-state index contributed by atoms with van der Waals surface area (Å²) in [6.07, 6.45) is 0. The topological polar surface area (TPSA) is 70.0 Å². The molecule has 0 atom stereocenters. The molecule has 0 heterocycles. The van der Waals surface area contributed by atoms with Gasteiger partial charge < -0.3 is 12.3 Å². The first-order chi connectivity index (χ1) is 4.97. The van der Waals surface area contributed by atoms with Crippen molar-refractivity contribution in [3.8, 4) is 0 Å². The SMILES string of the molecule is Cl.N.N.c1ccc2ccccc2c1. The van der Waals surface area contributed by atoms with Gasteiger partial charge in [-0.1, -0.05) is 48.5 Å². The Morgan fingerprint density at radius 1 is 0.538 bits per heavy atom. The largest absolute Gasteiger partial charge is 0.344 e. The molecule has 0 fully saturated rings. The van der Waals surface area contributed by atoms with Crippen molar-refractivity contribution in [2.45, 2.75) is 0 Å². The first-order valence-corrected chi connectivity index (χ1v) is 3.40. The Morgan fingerprint density at radius 3 is 1.00 bits per heavy atom. The van der Waals surface area contributed by atoms with Crippen LogP contribution < -0.4 is 12.3 Å². The Kier molecular flexibility index (Phi) is 7.14. The van der Waals surface area contributed by atoms with E-state index in [1.54, 1.807) is 0 Å². The van der Waals surface area contributed by atoms with Crippen LogP contribution >= 0.6 is 12.4 Å². The third-order valence-corrected chi connectivity index (χ3v) is 1.66. The van der Waals surface area contributed by atoms with Gasteiger partial charge in [0, 0.05) is 0 Å². The summed E-state index contributed by atoms with van der Waals surface area (Å²) in [5, 5.41) is 2.62. The van der Waals surface area contributed by atoms with Crippen LogP contribution in [0.25, 0.3) is 10.8 Å². The van der Waals surface area contributed by atoms with E-state index in [4.69, 9.17) is 0 Å². The normalized spacial score (nSPS) is 7.69. The lowest BCUT2D eigenvalue weighted by Crippen LogP contribution is -1.67. The second-order valence-electron chi connectivity index (χ2n) is 2.35. The van der Waals surface area contributed by atoms with Crippen molar-refractivity contribution in [2.24, 2.45) is 0 Å². The molecular formula is C10H15ClN2. The summed E-state index contributed by atoms with van der Waals surface area (Å²) in [5.41, 5.74) is 0. The zero-order valence-electron chi connectivity index (χ0n) is 7.44. The van der Waals surface area contributed by atoms with Crippen LogP contribution in [-0.4, -0.2) is 0 Å². The van der Waals surface area contributed by atoms with Crippen molar-refractivity contribution < 1.29 is 0 Å². The van der Waals surface area contributed by atoms with E-state index >= 15 is 0 Å². The van der Waals surface area contributed by atoms with Crippen molar-refractivity contribution in [1.29, 1.82) is 0 Å². The molecule has 0 amide bonds. The molecule has 2 aromatic carbocycles. The lowest BCUT2D eigenvalue weighted by molar-refractivity contribution is 1.75. The molecule has 2 nitrogen and oxygen atoms in total. The van der Waals surface area contributed by atoms with Gasteiger partial charge in [0.25, 0.3) is 0 Å². The molecule has 0 aromatic heterocycles. The van der Waals surface area contributed by atoms with E-state index < -0.39 is 0 Å². The fourth-order valence-corrected chi connectivity index (χ4v) is 1.13. The fraction of sp³-hybridized carbons (Fsp3) is 0. The van der Waals surface area contributed by atoms with Crippen molar-refractivity contribution in [3.05, 3.63) is 48.5 Å². The van der Waals surface area contributed by atoms with Gasteiger partial charge >= 0.3 is 0 Å². The number of benzene rings is 2. The predicted molar refractivity (Wildman–Crippen MR) is 61.2 cm³/mol. The van der Waals surface area contributed by atoms with Gasteiger partial charge in [0.1, 0.15) is 0 Å². The molecule has 2 rings (SSSR count). The maximum absolute atomic E-state index is 2.12. The van der Waals surface area contributed by atoms with Gasteiger partial charge in [-0.2, -0.15) is 0 Å². The predicted octanol–water partition coefficient (Wildman–Crippen LogP) is 3.59. The molecule has 6 N–H and O–H groups in total. The highest BCUT2D eigenvalue weighted by Crippen LogP contribution is 2.11. The van der Waals surface area contributed by atoms with Crippen LogP contribution in [0.4, 0.5) is 0 Å². The molecule has 0 aliphatic carbocycles. The second-order valence-corrected chi connectivity index (χ2v) is 2.35. The molecule has 0 bridgehead atoms. The van der Waals surface area contributed by atoms with E-state index in [0.29, 0.717) is 0 Å². The maximum Gasteiger partial charge on any atom is -0.0184 e.